The standard InChI is InChI=1S/C14H8F3N5OS/c1-7(19-6-18)10-11(14(15,16)17)21-22(12(10)23)13-20-8-4-2-3-5-9(8)24-13/h2-5,10,19H,1H2/t10-/m1/s1. The van der Waals surface area contributed by atoms with Gasteiger partial charge in [0, 0.05) is 5.70 Å². The number of nitrogens with zero attached hydrogens (tertiary/aromatic N) is 4. The first-order valence-electron chi connectivity index (χ1n) is 6.52. The van der Waals surface area contributed by atoms with Gasteiger partial charge in [-0.3, -0.25) is 10.1 Å². The van der Waals surface area contributed by atoms with Crippen molar-refractivity contribution in [2.24, 2.45) is 11.0 Å². The van der Waals surface area contributed by atoms with Crippen molar-refractivity contribution in [3.8, 4) is 6.19 Å². The van der Waals surface area contributed by atoms with Crippen LogP contribution in [0.25, 0.3) is 10.2 Å². The van der Waals surface area contributed by atoms with Crippen LogP contribution in [0.4, 0.5) is 18.3 Å². The van der Waals surface area contributed by atoms with E-state index >= 15 is 0 Å². The molecule has 24 heavy (non-hydrogen) atoms. The molecule has 0 bridgehead atoms. The summed E-state index contributed by atoms with van der Waals surface area (Å²) in [5, 5.41) is 14.6. The summed E-state index contributed by atoms with van der Waals surface area (Å²) in [4.78, 5) is 16.6. The van der Waals surface area contributed by atoms with Gasteiger partial charge in [-0.05, 0) is 12.1 Å². The Kier molecular flexibility index (Phi) is 3.73. The van der Waals surface area contributed by atoms with Crippen molar-refractivity contribution in [1.82, 2.24) is 10.3 Å². The molecule has 1 aliphatic heterocycles. The molecule has 122 valence electrons. The SMILES string of the molecule is C=C(NC#N)[C@H]1C(=O)N(c2nc3ccccc3s2)N=C1C(F)(F)F. The Labute approximate surface area is 137 Å². The Morgan fingerprint density at radius 2 is 2.12 bits per heavy atom. The number of alkyl halides is 3. The first-order valence-corrected chi connectivity index (χ1v) is 7.33. The molecular weight excluding hydrogens is 343 g/mol. The minimum Gasteiger partial charge on any atom is -0.296 e. The molecule has 10 heteroatoms. The number of nitrogens with one attached hydrogen (secondary N) is 1. The van der Waals surface area contributed by atoms with Crippen LogP contribution in [0.3, 0.4) is 0 Å². The number of hydrogen-bond acceptors (Lipinski definition) is 6. The second kappa shape index (κ2) is 5.61. The summed E-state index contributed by atoms with van der Waals surface area (Å²) >= 11 is 1.04. The Morgan fingerprint density at radius 3 is 2.75 bits per heavy atom. The van der Waals surface area contributed by atoms with E-state index < -0.39 is 23.7 Å². The van der Waals surface area contributed by atoms with Gasteiger partial charge in [0.15, 0.2) is 11.9 Å². The van der Waals surface area contributed by atoms with E-state index in [0.29, 0.717) is 15.2 Å². The number of halogens is 3. The normalized spacial score (nSPS) is 17.8. The lowest BCUT2D eigenvalue weighted by molar-refractivity contribution is -0.119. The van der Waals surface area contributed by atoms with E-state index in [4.69, 9.17) is 5.26 Å². The van der Waals surface area contributed by atoms with Gasteiger partial charge in [0.25, 0.3) is 5.91 Å². The fraction of sp³-hybridized carbons (Fsp3) is 0.143. The molecule has 0 saturated heterocycles. The third-order valence-corrected chi connectivity index (χ3v) is 4.27. The summed E-state index contributed by atoms with van der Waals surface area (Å²) in [5.74, 6) is -2.76. The first kappa shape index (κ1) is 15.9. The van der Waals surface area contributed by atoms with Gasteiger partial charge in [-0.15, -0.1) is 0 Å². The number of para-hydroxylation sites is 1. The molecule has 0 saturated carbocycles. The maximum atomic E-state index is 13.2. The summed E-state index contributed by atoms with van der Waals surface area (Å²) in [5.41, 5.74) is -1.17. The second-order valence-corrected chi connectivity index (χ2v) is 5.80. The van der Waals surface area contributed by atoms with Gasteiger partial charge < -0.3 is 0 Å². The number of hydrogen-bond donors (Lipinski definition) is 1. The molecule has 0 unspecified atom stereocenters. The number of anilines is 1. The lowest BCUT2D eigenvalue weighted by Gasteiger charge is -2.14. The van der Waals surface area contributed by atoms with Gasteiger partial charge in [0.2, 0.25) is 5.13 Å². The number of amides is 1. The highest BCUT2D eigenvalue weighted by molar-refractivity contribution is 7.22. The smallest absolute Gasteiger partial charge is 0.296 e. The number of carbonyl (C=O) groups is 1. The summed E-state index contributed by atoms with van der Waals surface area (Å²) in [6, 6.07) is 6.89. The highest BCUT2D eigenvalue weighted by atomic mass is 32.1. The molecule has 0 aliphatic carbocycles. The molecule has 2 aromatic rings. The summed E-state index contributed by atoms with van der Waals surface area (Å²) in [6.07, 6.45) is -3.38. The number of benzene rings is 1. The zero-order chi connectivity index (χ0) is 17.5. The number of nitriles is 1. The zero-order valence-electron chi connectivity index (χ0n) is 11.8. The summed E-state index contributed by atoms with van der Waals surface area (Å²) < 4.78 is 40.3. The van der Waals surface area contributed by atoms with Crippen LogP contribution in [0.15, 0.2) is 41.6 Å². The highest BCUT2D eigenvalue weighted by Gasteiger charge is 2.52. The van der Waals surface area contributed by atoms with Crippen LogP contribution in [0, 0.1) is 17.4 Å². The van der Waals surface area contributed by atoms with Crippen molar-refractivity contribution in [2.75, 3.05) is 5.01 Å². The molecule has 6 nitrogen and oxygen atoms in total. The molecule has 2 heterocycles. The topological polar surface area (TPSA) is 81.4 Å². The molecule has 1 atom stereocenters. The zero-order valence-corrected chi connectivity index (χ0v) is 12.6. The van der Waals surface area contributed by atoms with Gasteiger partial charge in [0.05, 0.1) is 10.2 Å². The largest absolute Gasteiger partial charge is 0.432 e. The first-order chi connectivity index (χ1) is 11.3. The van der Waals surface area contributed by atoms with Crippen LogP contribution in [0.1, 0.15) is 0 Å². The van der Waals surface area contributed by atoms with E-state index in [1.165, 1.54) is 6.19 Å². The van der Waals surface area contributed by atoms with E-state index in [-0.39, 0.29) is 10.8 Å². The van der Waals surface area contributed by atoms with Crippen LogP contribution >= 0.6 is 11.3 Å². The van der Waals surface area contributed by atoms with E-state index in [2.05, 4.69) is 16.7 Å². The third-order valence-electron chi connectivity index (χ3n) is 3.26. The van der Waals surface area contributed by atoms with Crippen LogP contribution in [-0.2, 0) is 4.79 Å². The number of carbonyl (C=O) groups excluding carboxylic acids is 1. The van der Waals surface area contributed by atoms with Gasteiger partial charge in [-0.2, -0.15) is 28.5 Å². The molecule has 0 radical (unpaired) electrons. The fourth-order valence-electron chi connectivity index (χ4n) is 2.22. The second-order valence-electron chi connectivity index (χ2n) is 4.79. The Hall–Kier alpha value is -2.93. The van der Waals surface area contributed by atoms with E-state index in [0.717, 1.165) is 11.3 Å². The van der Waals surface area contributed by atoms with E-state index in [9.17, 15) is 18.0 Å². The van der Waals surface area contributed by atoms with Gasteiger partial charge >= 0.3 is 6.18 Å². The third kappa shape index (κ3) is 2.59. The Morgan fingerprint density at radius 1 is 1.42 bits per heavy atom. The van der Waals surface area contributed by atoms with Crippen molar-refractivity contribution in [1.29, 1.82) is 5.26 Å². The van der Waals surface area contributed by atoms with E-state index in [1.54, 1.807) is 24.3 Å². The number of hydrazone groups is 1. The van der Waals surface area contributed by atoms with Crippen LogP contribution in [0.5, 0.6) is 0 Å². The lowest BCUT2D eigenvalue weighted by Crippen LogP contribution is -2.37. The number of fused-ring (bicyclic) bond motifs is 1. The van der Waals surface area contributed by atoms with Gasteiger partial charge in [-0.1, -0.05) is 30.0 Å². The maximum Gasteiger partial charge on any atom is 0.432 e. The van der Waals surface area contributed by atoms with Crippen molar-refractivity contribution < 1.29 is 18.0 Å². The van der Waals surface area contributed by atoms with Crippen LogP contribution in [-0.4, -0.2) is 22.8 Å². The number of thiazole rings is 1. The molecule has 1 amide bonds. The van der Waals surface area contributed by atoms with Crippen molar-refractivity contribution in [3.05, 3.63) is 36.5 Å². The van der Waals surface area contributed by atoms with Crippen molar-refractivity contribution in [2.45, 2.75) is 6.18 Å². The predicted molar refractivity (Wildman–Crippen MR) is 82.0 cm³/mol. The minimum absolute atomic E-state index is 0.0233. The van der Waals surface area contributed by atoms with E-state index in [1.807, 2.05) is 5.32 Å². The summed E-state index contributed by atoms with van der Waals surface area (Å²) in [6.45, 7) is 3.33. The molecule has 0 fully saturated rings. The Balaban J connectivity index is 2.06. The molecule has 1 aliphatic rings. The predicted octanol–water partition coefficient (Wildman–Crippen LogP) is 2.76. The molecule has 3 rings (SSSR count). The highest BCUT2D eigenvalue weighted by Crippen LogP contribution is 2.37. The average Bonchev–Trinajstić information content (AvgIpc) is 3.07. The van der Waals surface area contributed by atoms with Gasteiger partial charge in [0.1, 0.15) is 5.92 Å². The molecule has 1 aromatic carbocycles. The number of rotatable bonds is 3. The Bertz CT molecular complexity index is 878. The molecule has 0 spiro atoms. The number of aromatic nitrogens is 1. The quantitative estimate of drug-likeness (QED) is 0.681. The van der Waals surface area contributed by atoms with Gasteiger partial charge in [-0.25, -0.2) is 4.98 Å². The molecule has 1 N–H and O–H groups in total. The summed E-state index contributed by atoms with van der Waals surface area (Å²) in [7, 11) is 0. The fourth-order valence-corrected chi connectivity index (χ4v) is 3.14. The monoisotopic (exact) mass is 351 g/mol. The van der Waals surface area contributed by atoms with Crippen molar-refractivity contribution >= 4 is 38.3 Å². The molecule has 1 aromatic heterocycles. The minimum atomic E-state index is -4.84. The van der Waals surface area contributed by atoms with Crippen LogP contribution < -0.4 is 10.3 Å². The average molecular weight is 351 g/mol. The lowest BCUT2D eigenvalue weighted by atomic mass is 10.00. The maximum absolute atomic E-state index is 13.2. The molecular formula is C14H8F3N5OS. The van der Waals surface area contributed by atoms with Crippen LogP contribution in [0.2, 0.25) is 0 Å². The van der Waals surface area contributed by atoms with Crippen molar-refractivity contribution in [3.63, 3.8) is 0 Å².